The largest absolute Gasteiger partial charge is 0.434 e. The van der Waals surface area contributed by atoms with E-state index in [9.17, 15) is 44.6 Å². The molecule has 3 aromatic heterocycles. The van der Waals surface area contributed by atoms with Gasteiger partial charge in [-0.2, -0.15) is 39.5 Å². The molecule has 3 heterocycles. The summed E-state index contributed by atoms with van der Waals surface area (Å²) in [5, 5.41) is 12.8. The van der Waals surface area contributed by atoms with E-state index in [4.69, 9.17) is 0 Å². The van der Waals surface area contributed by atoms with Crippen LogP contribution in [0.1, 0.15) is 93.4 Å². The summed E-state index contributed by atoms with van der Waals surface area (Å²) in [5.74, 6) is 0.150. The lowest BCUT2D eigenvalue weighted by Crippen LogP contribution is -2.28. The smallest absolute Gasteiger partial charge is 0.376 e. The molecule has 3 aromatic carbocycles. The molecule has 0 fully saturated rings. The monoisotopic (exact) mass is 788 g/mol. The van der Waals surface area contributed by atoms with Gasteiger partial charge >= 0.3 is 18.5 Å². The number of nitrogens with zero attached hydrogens (tertiary/aromatic N) is 6. The van der Waals surface area contributed by atoms with Crippen molar-refractivity contribution >= 4 is 0 Å². The maximum atomic E-state index is 13.6. The van der Waals surface area contributed by atoms with Crippen LogP contribution < -0.4 is 0 Å². The van der Waals surface area contributed by atoms with E-state index in [1.54, 1.807) is 41.5 Å². The molecule has 16 heteroatoms. The summed E-state index contributed by atoms with van der Waals surface area (Å²) in [6.45, 7) is 10.3. The van der Waals surface area contributed by atoms with Gasteiger partial charge in [-0.25, -0.2) is 15.0 Å². The van der Waals surface area contributed by atoms with Gasteiger partial charge in [0.05, 0.1) is 0 Å². The van der Waals surface area contributed by atoms with Gasteiger partial charge in [-0.3, -0.25) is 0 Å². The fraction of sp³-hybridized carbons (Fsp3) is 0.325. The van der Waals surface area contributed by atoms with E-state index in [1.807, 2.05) is 0 Å². The van der Waals surface area contributed by atoms with E-state index in [0.717, 1.165) is 18.6 Å². The van der Waals surface area contributed by atoms with Crippen LogP contribution in [0.3, 0.4) is 0 Å². The second kappa shape index (κ2) is 14.3. The van der Waals surface area contributed by atoms with Crippen LogP contribution in [-0.2, 0) is 24.1 Å². The van der Waals surface area contributed by atoms with Crippen molar-refractivity contribution in [3.63, 3.8) is 0 Å². The fourth-order valence-corrected chi connectivity index (χ4v) is 6.49. The van der Waals surface area contributed by atoms with Crippen molar-refractivity contribution in [3.05, 3.63) is 125 Å². The Balaban J connectivity index is 1.48. The van der Waals surface area contributed by atoms with Gasteiger partial charge in [0.1, 0.15) is 23.1 Å². The van der Waals surface area contributed by atoms with Gasteiger partial charge in [0.15, 0.2) is 17.1 Å². The lowest BCUT2D eigenvalue weighted by molar-refractivity contribution is -0.141. The summed E-state index contributed by atoms with van der Waals surface area (Å²) in [5.41, 5.74) is -3.44. The second-order valence-electron chi connectivity index (χ2n) is 14.3. The zero-order chi connectivity index (χ0) is 41.1. The average Bonchev–Trinajstić information content (AvgIpc) is 3.89. The Hall–Kier alpha value is -5.38. The number of imidazole rings is 3. The molecule has 0 bridgehead atoms. The average molecular weight is 789 g/mol. The molecule has 296 valence electrons. The topological polar surface area (TPSA) is 73.7 Å². The number of aromatic nitrogens is 6. The quantitative estimate of drug-likeness (QED) is 0.117. The Morgan fingerprint density at radius 3 is 0.804 bits per heavy atom. The molecule has 6 rings (SSSR count). The zero-order valence-corrected chi connectivity index (χ0v) is 30.9. The summed E-state index contributed by atoms with van der Waals surface area (Å²) in [4.78, 5) is 11.5. The minimum Gasteiger partial charge on any atom is -0.376 e. The highest BCUT2D eigenvalue weighted by molar-refractivity contribution is 5.63. The van der Waals surface area contributed by atoms with Crippen molar-refractivity contribution in [1.29, 1.82) is 0 Å². The van der Waals surface area contributed by atoms with Gasteiger partial charge in [0, 0.05) is 53.4 Å². The Labute approximate surface area is 316 Å². The molecule has 0 aliphatic heterocycles. The Morgan fingerprint density at radius 1 is 0.411 bits per heavy atom. The maximum Gasteiger partial charge on any atom is 0.434 e. The first-order valence-electron chi connectivity index (χ1n) is 17.5. The Morgan fingerprint density at radius 2 is 0.625 bits per heavy atom. The number of alkyl halides is 9. The summed E-state index contributed by atoms with van der Waals surface area (Å²) < 4.78 is 127. The predicted molar refractivity (Wildman–Crippen MR) is 191 cm³/mol. The first-order valence-corrected chi connectivity index (χ1v) is 17.5. The highest BCUT2D eigenvalue weighted by atomic mass is 19.4. The van der Waals surface area contributed by atoms with Crippen LogP contribution in [0, 0.1) is 0 Å². The van der Waals surface area contributed by atoms with Crippen LogP contribution in [0.4, 0.5) is 39.5 Å². The van der Waals surface area contributed by atoms with E-state index in [2.05, 4.69) is 15.0 Å². The molecule has 0 atom stereocenters. The first-order chi connectivity index (χ1) is 26.0. The summed E-state index contributed by atoms with van der Waals surface area (Å²) in [7, 11) is 0. The van der Waals surface area contributed by atoms with Gasteiger partial charge < -0.3 is 18.8 Å². The number of halogens is 9. The molecule has 0 unspecified atom stereocenters. The minimum atomic E-state index is -4.69. The molecule has 7 nitrogen and oxygen atoms in total. The minimum absolute atomic E-state index is 0.0499. The van der Waals surface area contributed by atoms with Crippen LogP contribution in [0.2, 0.25) is 0 Å². The lowest BCUT2D eigenvalue weighted by Gasteiger charge is -2.31. The molecule has 0 radical (unpaired) electrons. The predicted octanol–water partition coefficient (Wildman–Crippen LogP) is 11.4. The van der Waals surface area contributed by atoms with Gasteiger partial charge in [-0.1, -0.05) is 72.8 Å². The summed E-state index contributed by atoms with van der Waals surface area (Å²) in [6.07, 6.45) is -11.3. The number of benzene rings is 3. The van der Waals surface area contributed by atoms with Crippen molar-refractivity contribution in [2.24, 2.45) is 0 Å². The molecule has 0 aliphatic rings. The highest BCUT2D eigenvalue weighted by Crippen LogP contribution is 2.41. The van der Waals surface area contributed by atoms with Crippen molar-refractivity contribution in [2.45, 2.75) is 83.8 Å². The van der Waals surface area contributed by atoms with E-state index in [1.165, 1.54) is 86.5 Å². The van der Waals surface area contributed by atoms with Gasteiger partial charge in [-0.15, -0.1) is 0 Å². The summed E-state index contributed by atoms with van der Waals surface area (Å²) in [6, 6.07) is 17.1. The van der Waals surface area contributed by atoms with Gasteiger partial charge in [0.2, 0.25) is 0 Å². The zero-order valence-electron chi connectivity index (χ0n) is 30.9. The first kappa shape index (κ1) is 40.3. The third kappa shape index (κ3) is 7.58. The second-order valence-corrected chi connectivity index (χ2v) is 14.3. The van der Waals surface area contributed by atoms with Crippen LogP contribution >= 0.6 is 0 Å². The van der Waals surface area contributed by atoms with Crippen LogP contribution in [0.5, 0.6) is 0 Å². The SMILES string of the molecule is CC(C)n1cc(C(F)(F)F)nc1-c1ccc(C(O)(c2ccc(-c3nc(C(F)(F)F)cn3C(C)C)cc2)c2ccc(-c3nc(C(F)(F)F)cn3C(C)C)cc2)cc1. The lowest BCUT2D eigenvalue weighted by atomic mass is 9.79. The van der Waals surface area contributed by atoms with Crippen LogP contribution in [0.15, 0.2) is 91.4 Å². The van der Waals surface area contributed by atoms with Gasteiger partial charge in [-0.05, 0) is 58.2 Å². The molecule has 0 amide bonds. The number of rotatable bonds is 9. The van der Waals surface area contributed by atoms with Crippen molar-refractivity contribution in [3.8, 4) is 34.2 Å². The third-order valence-electron chi connectivity index (χ3n) is 9.42. The number of aliphatic hydroxyl groups is 1. The Bertz CT molecular complexity index is 2050. The van der Waals surface area contributed by atoms with Crippen LogP contribution in [0.25, 0.3) is 34.2 Å². The third-order valence-corrected chi connectivity index (χ3v) is 9.42. The van der Waals surface area contributed by atoms with Gasteiger partial charge in [0.25, 0.3) is 0 Å². The maximum absolute atomic E-state index is 13.6. The standard InChI is InChI=1S/C40H37F9N6O/c1-22(2)53-19-31(38(41,42)43)50-34(53)25-7-13-28(14-8-25)37(56,29-15-9-26(10-16-29)35-51-32(39(44,45)46)20-54(35)23(3)4)30-17-11-27(12-18-30)36-52-33(40(47,48)49)21-55(36)24(5)6/h7-24,56H,1-6H3. The fourth-order valence-electron chi connectivity index (χ4n) is 6.49. The van der Waals surface area contributed by atoms with Crippen molar-refractivity contribution in [2.75, 3.05) is 0 Å². The van der Waals surface area contributed by atoms with Crippen LogP contribution in [-0.4, -0.2) is 33.8 Å². The molecule has 0 aliphatic carbocycles. The van der Waals surface area contributed by atoms with E-state index in [-0.39, 0.29) is 52.3 Å². The number of hydrogen-bond donors (Lipinski definition) is 1. The molecule has 1 N–H and O–H groups in total. The molecule has 6 aromatic rings. The van der Waals surface area contributed by atoms with E-state index in [0.29, 0.717) is 16.7 Å². The number of hydrogen-bond acceptors (Lipinski definition) is 4. The highest BCUT2D eigenvalue weighted by Gasteiger charge is 2.39. The molecule has 0 saturated heterocycles. The summed E-state index contributed by atoms with van der Waals surface area (Å²) >= 11 is 0. The van der Waals surface area contributed by atoms with Crippen molar-refractivity contribution in [1.82, 2.24) is 28.7 Å². The molecule has 0 spiro atoms. The van der Waals surface area contributed by atoms with E-state index >= 15 is 0 Å². The molecular weight excluding hydrogens is 751 g/mol. The van der Waals surface area contributed by atoms with Crippen molar-refractivity contribution < 1.29 is 44.6 Å². The molecular formula is C40H37F9N6O. The molecule has 0 saturated carbocycles. The molecule has 56 heavy (non-hydrogen) atoms. The normalized spacial score (nSPS) is 13.1. The Kier molecular flexibility index (Phi) is 10.3. The van der Waals surface area contributed by atoms with E-state index < -0.39 is 41.2 Å².